The van der Waals surface area contributed by atoms with Crippen molar-refractivity contribution in [2.24, 2.45) is 0 Å². The Bertz CT molecular complexity index is 562. The van der Waals surface area contributed by atoms with Gasteiger partial charge in [-0.05, 0) is 47.2 Å². The molecule has 0 amide bonds. The van der Waals surface area contributed by atoms with Gasteiger partial charge < -0.3 is 0 Å². The highest BCUT2D eigenvalue weighted by Gasteiger charge is 2.12. The molecule has 0 unspecified atom stereocenters. The number of hydrogen-bond acceptors (Lipinski definition) is 2. The van der Waals surface area contributed by atoms with E-state index in [-0.39, 0.29) is 5.78 Å². The van der Waals surface area contributed by atoms with Crippen LogP contribution < -0.4 is 0 Å². The van der Waals surface area contributed by atoms with Gasteiger partial charge in [-0.1, -0.05) is 29.8 Å². The van der Waals surface area contributed by atoms with Gasteiger partial charge in [0.05, 0.1) is 4.34 Å². The number of hydrogen-bond donors (Lipinski definition) is 0. The van der Waals surface area contributed by atoms with Crippen LogP contribution in [-0.2, 0) is 6.42 Å². The van der Waals surface area contributed by atoms with Crippen molar-refractivity contribution in [3.8, 4) is 0 Å². The van der Waals surface area contributed by atoms with E-state index in [2.05, 4.69) is 22.6 Å². The molecule has 1 nitrogen and oxygen atoms in total. The zero-order chi connectivity index (χ0) is 12.4. The van der Waals surface area contributed by atoms with Crippen LogP contribution in [0.5, 0.6) is 0 Å². The highest BCUT2D eigenvalue weighted by atomic mass is 127. The molecule has 2 rings (SSSR count). The molecule has 0 fully saturated rings. The third kappa shape index (κ3) is 3.09. The molecule has 0 spiro atoms. The summed E-state index contributed by atoms with van der Waals surface area (Å²) < 4.78 is 1.77. The molecular weight excluding hydrogens is 367 g/mol. The van der Waals surface area contributed by atoms with Crippen molar-refractivity contribution in [2.75, 3.05) is 0 Å². The summed E-state index contributed by atoms with van der Waals surface area (Å²) in [6.45, 7) is 2.01. The minimum atomic E-state index is 0.150. The van der Waals surface area contributed by atoms with Crippen molar-refractivity contribution in [3.05, 3.63) is 54.2 Å². The van der Waals surface area contributed by atoms with Crippen LogP contribution >= 0.6 is 45.5 Å². The SMILES string of the molecule is Cc1cccc(C(=O)Cc2ccc(Cl)s2)c1I. The smallest absolute Gasteiger partial charge is 0.169 e. The van der Waals surface area contributed by atoms with Crippen molar-refractivity contribution >= 4 is 51.3 Å². The number of carbonyl (C=O) groups is 1. The van der Waals surface area contributed by atoms with Gasteiger partial charge >= 0.3 is 0 Å². The summed E-state index contributed by atoms with van der Waals surface area (Å²) in [5.74, 6) is 0.150. The highest BCUT2D eigenvalue weighted by molar-refractivity contribution is 14.1. The van der Waals surface area contributed by atoms with E-state index >= 15 is 0 Å². The molecule has 0 aliphatic carbocycles. The molecule has 0 bridgehead atoms. The average Bonchev–Trinajstić information content (AvgIpc) is 2.68. The fourth-order valence-corrected chi connectivity index (χ4v) is 3.31. The molecule has 0 saturated carbocycles. The standard InChI is InChI=1S/C13H10ClIOS/c1-8-3-2-4-10(13(8)15)11(16)7-9-5-6-12(14)17-9/h2-6H,7H2,1H3. The maximum atomic E-state index is 12.2. The van der Waals surface area contributed by atoms with Gasteiger partial charge in [-0.2, -0.15) is 0 Å². The third-order valence-corrected chi connectivity index (χ3v) is 5.12. The summed E-state index contributed by atoms with van der Waals surface area (Å²) in [6, 6.07) is 9.56. The zero-order valence-electron chi connectivity index (χ0n) is 9.17. The maximum absolute atomic E-state index is 12.2. The van der Waals surface area contributed by atoms with Crippen molar-refractivity contribution in [3.63, 3.8) is 0 Å². The van der Waals surface area contributed by atoms with Crippen LogP contribution in [-0.4, -0.2) is 5.78 Å². The number of carbonyl (C=O) groups excluding carboxylic acids is 1. The maximum Gasteiger partial charge on any atom is 0.169 e. The first-order valence-corrected chi connectivity index (χ1v) is 7.38. The fourth-order valence-electron chi connectivity index (χ4n) is 1.56. The molecule has 0 radical (unpaired) electrons. The quantitative estimate of drug-likeness (QED) is 0.558. The predicted molar refractivity (Wildman–Crippen MR) is 81.3 cm³/mol. The molecule has 88 valence electrons. The first-order valence-electron chi connectivity index (χ1n) is 5.10. The lowest BCUT2D eigenvalue weighted by molar-refractivity contribution is 0.0993. The fraction of sp³-hybridized carbons (Fsp3) is 0.154. The van der Waals surface area contributed by atoms with Crippen LogP contribution in [0.4, 0.5) is 0 Å². The predicted octanol–water partition coefficient (Wildman–Crippen LogP) is 4.74. The summed E-state index contributed by atoms with van der Waals surface area (Å²) in [4.78, 5) is 13.2. The van der Waals surface area contributed by atoms with Crippen molar-refractivity contribution in [1.29, 1.82) is 0 Å². The first kappa shape index (κ1) is 13.1. The van der Waals surface area contributed by atoms with Gasteiger partial charge in [0.15, 0.2) is 5.78 Å². The number of halogens is 2. The number of thiophene rings is 1. The molecule has 0 atom stereocenters. The van der Waals surface area contributed by atoms with E-state index < -0.39 is 0 Å². The molecule has 2 aromatic rings. The molecule has 0 aliphatic heterocycles. The van der Waals surface area contributed by atoms with Crippen LogP contribution in [0.3, 0.4) is 0 Å². The Labute approximate surface area is 123 Å². The Morgan fingerprint density at radius 2 is 2.12 bits per heavy atom. The number of benzene rings is 1. The molecular formula is C13H10ClIOS. The Morgan fingerprint density at radius 3 is 2.76 bits per heavy atom. The van der Waals surface area contributed by atoms with Crippen LogP contribution in [0.25, 0.3) is 0 Å². The Hall–Kier alpha value is -0.390. The zero-order valence-corrected chi connectivity index (χ0v) is 12.9. The molecule has 1 aromatic heterocycles. The topological polar surface area (TPSA) is 17.1 Å². The van der Waals surface area contributed by atoms with Crippen LogP contribution in [0.2, 0.25) is 4.34 Å². The summed E-state index contributed by atoms with van der Waals surface area (Å²) in [5.41, 5.74) is 1.94. The Kier molecular flexibility index (Phi) is 4.22. The Balaban J connectivity index is 2.23. The van der Waals surface area contributed by atoms with E-state index in [1.807, 2.05) is 37.3 Å². The molecule has 1 aromatic carbocycles. The van der Waals surface area contributed by atoms with E-state index in [9.17, 15) is 4.79 Å². The second kappa shape index (κ2) is 5.50. The molecule has 0 N–H and O–H groups in total. The minimum absolute atomic E-state index is 0.150. The molecule has 1 heterocycles. The van der Waals surface area contributed by atoms with Crippen molar-refractivity contribution < 1.29 is 4.79 Å². The van der Waals surface area contributed by atoms with Gasteiger partial charge in [-0.3, -0.25) is 4.79 Å². The van der Waals surface area contributed by atoms with Gasteiger partial charge in [-0.25, -0.2) is 0 Å². The second-order valence-corrected chi connectivity index (χ2v) is 6.62. The van der Waals surface area contributed by atoms with Gasteiger partial charge in [0.1, 0.15) is 0 Å². The monoisotopic (exact) mass is 376 g/mol. The lowest BCUT2D eigenvalue weighted by Gasteiger charge is -2.05. The number of rotatable bonds is 3. The van der Waals surface area contributed by atoms with E-state index in [1.165, 1.54) is 11.3 Å². The summed E-state index contributed by atoms with van der Waals surface area (Å²) >= 11 is 9.54. The molecule has 4 heteroatoms. The van der Waals surface area contributed by atoms with Gasteiger partial charge in [-0.15, -0.1) is 11.3 Å². The summed E-state index contributed by atoms with van der Waals surface area (Å²) in [7, 11) is 0. The number of Topliss-reactive ketones (excluding diaryl/α,β-unsaturated/α-hetero) is 1. The lowest BCUT2D eigenvalue weighted by atomic mass is 10.1. The van der Waals surface area contributed by atoms with Crippen LogP contribution in [0, 0.1) is 10.5 Å². The highest BCUT2D eigenvalue weighted by Crippen LogP contribution is 2.24. The van der Waals surface area contributed by atoms with Crippen LogP contribution in [0.15, 0.2) is 30.3 Å². The first-order chi connectivity index (χ1) is 8.08. The average molecular weight is 377 g/mol. The largest absolute Gasteiger partial charge is 0.294 e. The summed E-state index contributed by atoms with van der Waals surface area (Å²) in [5, 5.41) is 0. The lowest BCUT2D eigenvalue weighted by Crippen LogP contribution is -2.05. The normalized spacial score (nSPS) is 10.5. The summed E-state index contributed by atoms with van der Waals surface area (Å²) in [6.07, 6.45) is 0.427. The van der Waals surface area contributed by atoms with Gasteiger partial charge in [0.2, 0.25) is 0 Å². The Morgan fingerprint density at radius 1 is 1.35 bits per heavy atom. The van der Waals surface area contributed by atoms with Gasteiger partial charge in [0, 0.05) is 20.4 Å². The minimum Gasteiger partial charge on any atom is -0.294 e. The van der Waals surface area contributed by atoms with E-state index in [0.29, 0.717) is 6.42 Å². The number of ketones is 1. The van der Waals surface area contributed by atoms with E-state index in [4.69, 9.17) is 11.6 Å². The van der Waals surface area contributed by atoms with E-state index in [1.54, 1.807) is 0 Å². The third-order valence-electron chi connectivity index (χ3n) is 2.46. The molecule has 0 aliphatic rings. The van der Waals surface area contributed by atoms with Crippen molar-refractivity contribution in [1.82, 2.24) is 0 Å². The van der Waals surface area contributed by atoms with Crippen LogP contribution in [0.1, 0.15) is 20.8 Å². The van der Waals surface area contributed by atoms with E-state index in [0.717, 1.165) is 23.9 Å². The molecule has 17 heavy (non-hydrogen) atoms. The van der Waals surface area contributed by atoms with Crippen molar-refractivity contribution in [2.45, 2.75) is 13.3 Å². The second-order valence-electron chi connectivity index (χ2n) is 3.74. The van der Waals surface area contributed by atoms with Gasteiger partial charge in [0.25, 0.3) is 0 Å². The number of aryl methyl sites for hydroxylation is 1. The molecule has 0 saturated heterocycles.